The summed E-state index contributed by atoms with van der Waals surface area (Å²) < 4.78 is 1.69. The number of carbonyl (C=O) groups excluding carboxylic acids is 1. The van der Waals surface area contributed by atoms with E-state index in [2.05, 4.69) is 44.3 Å². The Labute approximate surface area is 174 Å². The average Bonchev–Trinajstić information content (AvgIpc) is 3.34. The van der Waals surface area contributed by atoms with Crippen molar-refractivity contribution in [2.24, 2.45) is 7.05 Å². The SMILES string of the molecule is CCc1ccc(CN2CCc3c(C(=O)N[C@@H](C)c4ncnn4C)csc3C2)nc1. The third-order valence-electron chi connectivity index (χ3n) is 5.43. The van der Waals surface area contributed by atoms with Crippen LogP contribution in [-0.4, -0.2) is 37.1 Å². The van der Waals surface area contributed by atoms with E-state index in [1.54, 1.807) is 16.0 Å². The van der Waals surface area contributed by atoms with E-state index in [-0.39, 0.29) is 11.9 Å². The first kappa shape index (κ1) is 19.7. The molecular weight excluding hydrogens is 384 g/mol. The molecule has 1 N–H and O–H groups in total. The quantitative estimate of drug-likeness (QED) is 0.676. The smallest absolute Gasteiger partial charge is 0.252 e. The number of pyridine rings is 1. The lowest BCUT2D eigenvalue weighted by molar-refractivity contribution is 0.0936. The molecule has 152 valence electrons. The predicted molar refractivity (Wildman–Crippen MR) is 113 cm³/mol. The average molecular weight is 411 g/mol. The molecule has 0 aliphatic carbocycles. The van der Waals surface area contributed by atoms with Crippen LogP contribution in [0.3, 0.4) is 0 Å². The van der Waals surface area contributed by atoms with E-state index in [9.17, 15) is 4.79 Å². The van der Waals surface area contributed by atoms with Gasteiger partial charge in [-0.2, -0.15) is 5.10 Å². The normalized spacial score (nSPS) is 15.1. The van der Waals surface area contributed by atoms with Crippen molar-refractivity contribution in [1.82, 2.24) is 30.0 Å². The summed E-state index contributed by atoms with van der Waals surface area (Å²) >= 11 is 1.67. The number of thiophene rings is 1. The van der Waals surface area contributed by atoms with E-state index in [1.165, 1.54) is 22.3 Å². The number of aromatic nitrogens is 4. The summed E-state index contributed by atoms with van der Waals surface area (Å²) in [5, 5.41) is 9.12. The maximum atomic E-state index is 12.8. The standard InChI is InChI=1S/C21H26N6OS/c1-4-15-5-6-16(22-9-15)10-27-8-7-17-18(12-29-19(17)11-27)21(28)25-14(2)20-23-13-24-26(20)3/h5-6,9,12-14H,4,7-8,10-11H2,1-3H3,(H,25,28)/t14-/m0/s1. The van der Waals surface area contributed by atoms with E-state index in [4.69, 9.17) is 0 Å². The minimum absolute atomic E-state index is 0.0386. The number of amides is 1. The molecule has 0 radical (unpaired) electrons. The highest BCUT2D eigenvalue weighted by Gasteiger charge is 2.25. The molecule has 3 aromatic heterocycles. The summed E-state index contributed by atoms with van der Waals surface area (Å²) in [6.07, 6.45) is 5.36. The summed E-state index contributed by atoms with van der Waals surface area (Å²) in [6.45, 7) is 6.70. The minimum atomic E-state index is -0.192. The first-order valence-electron chi connectivity index (χ1n) is 9.95. The molecule has 4 heterocycles. The van der Waals surface area contributed by atoms with Gasteiger partial charge in [0.2, 0.25) is 0 Å². The Morgan fingerprint density at radius 2 is 2.21 bits per heavy atom. The molecule has 0 saturated carbocycles. The van der Waals surface area contributed by atoms with Gasteiger partial charge in [0.25, 0.3) is 5.91 Å². The van der Waals surface area contributed by atoms with Gasteiger partial charge in [0, 0.05) is 43.1 Å². The largest absolute Gasteiger partial charge is 0.342 e. The van der Waals surface area contributed by atoms with Gasteiger partial charge in [-0.3, -0.25) is 19.4 Å². The van der Waals surface area contributed by atoms with Crippen LogP contribution in [0.4, 0.5) is 0 Å². The van der Waals surface area contributed by atoms with Gasteiger partial charge in [-0.1, -0.05) is 13.0 Å². The number of rotatable bonds is 6. The second-order valence-electron chi connectivity index (χ2n) is 7.46. The number of hydrogen-bond acceptors (Lipinski definition) is 6. The first-order chi connectivity index (χ1) is 14.0. The number of carbonyl (C=O) groups is 1. The summed E-state index contributed by atoms with van der Waals surface area (Å²) in [5.74, 6) is 0.707. The molecule has 0 unspecified atom stereocenters. The van der Waals surface area contributed by atoms with Crippen LogP contribution in [0.5, 0.6) is 0 Å². The third-order valence-corrected chi connectivity index (χ3v) is 6.45. The fourth-order valence-corrected chi connectivity index (χ4v) is 4.85. The van der Waals surface area contributed by atoms with Crippen molar-refractivity contribution < 1.29 is 4.79 Å². The molecule has 0 spiro atoms. The van der Waals surface area contributed by atoms with Crippen molar-refractivity contribution in [3.8, 4) is 0 Å². The van der Waals surface area contributed by atoms with E-state index < -0.39 is 0 Å². The predicted octanol–water partition coefficient (Wildman–Crippen LogP) is 2.88. The lowest BCUT2D eigenvalue weighted by Gasteiger charge is -2.27. The molecule has 3 aromatic rings. The van der Waals surface area contributed by atoms with Crippen molar-refractivity contribution in [2.45, 2.75) is 45.8 Å². The van der Waals surface area contributed by atoms with Crippen LogP contribution in [0.2, 0.25) is 0 Å². The third kappa shape index (κ3) is 4.23. The van der Waals surface area contributed by atoms with Crippen LogP contribution in [0.25, 0.3) is 0 Å². The van der Waals surface area contributed by atoms with Crippen molar-refractivity contribution >= 4 is 17.2 Å². The molecule has 7 nitrogen and oxygen atoms in total. The monoisotopic (exact) mass is 410 g/mol. The molecule has 8 heteroatoms. The van der Waals surface area contributed by atoms with Crippen LogP contribution in [0.1, 0.15) is 57.8 Å². The molecule has 0 aromatic carbocycles. The number of nitrogens with zero attached hydrogens (tertiary/aromatic N) is 5. The van der Waals surface area contributed by atoms with Crippen LogP contribution < -0.4 is 5.32 Å². The molecule has 4 rings (SSSR count). The van der Waals surface area contributed by atoms with E-state index in [0.29, 0.717) is 0 Å². The number of hydrogen-bond donors (Lipinski definition) is 1. The second kappa shape index (κ2) is 8.42. The van der Waals surface area contributed by atoms with E-state index >= 15 is 0 Å². The molecule has 29 heavy (non-hydrogen) atoms. The number of nitrogens with one attached hydrogen (secondary N) is 1. The minimum Gasteiger partial charge on any atom is -0.342 e. The van der Waals surface area contributed by atoms with Crippen molar-refractivity contribution in [3.05, 3.63) is 63.1 Å². The number of aryl methyl sites for hydroxylation is 2. The molecule has 1 aliphatic rings. The van der Waals surface area contributed by atoms with Crippen molar-refractivity contribution in [3.63, 3.8) is 0 Å². The number of fused-ring (bicyclic) bond motifs is 1. The van der Waals surface area contributed by atoms with Gasteiger partial charge in [-0.25, -0.2) is 4.98 Å². The summed E-state index contributed by atoms with van der Waals surface area (Å²) in [5.41, 5.74) is 4.34. The zero-order chi connectivity index (χ0) is 20.4. The van der Waals surface area contributed by atoms with Gasteiger partial charge in [0.15, 0.2) is 0 Å². The Hall–Kier alpha value is -2.58. The fourth-order valence-electron chi connectivity index (χ4n) is 3.73. The molecule has 1 aliphatic heterocycles. The van der Waals surface area contributed by atoms with E-state index in [0.717, 1.165) is 49.6 Å². The molecule has 1 amide bonds. The first-order valence-corrected chi connectivity index (χ1v) is 10.8. The van der Waals surface area contributed by atoms with Gasteiger partial charge >= 0.3 is 0 Å². The highest BCUT2D eigenvalue weighted by atomic mass is 32.1. The van der Waals surface area contributed by atoms with Gasteiger partial charge in [0.05, 0.1) is 17.3 Å². The Morgan fingerprint density at radius 3 is 2.90 bits per heavy atom. The van der Waals surface area contributed by atoms with Crippen LogP contribution in [0, 0.1) is 0 Å². The highest BCUT2D eigenvalue weighted by Crippen LogP contribution is 2.29. The van der Waals surface area contributed by atoms with Crippen molar-refractivity contribution in [2.75, 3.05) is 6.54 Å². The Balaban J connectivity index is 1.41. The van der Waals surface area contributed by atoms with Crippen LogP contribution >= 0.6 is 11.3 Å². The van der Waals surface area contributed by atoms with Crippen molar-refractivity contribution in [1.29, 1.82) is 0 Å². The second-order valence-corrected chi connectivity index (χ2v) is 8.42. The van der Waals surface area contributed by atoms with Gasteiger partial charge in [-0.05, 0) is 37.0 Å². The summed E-state index contributed by atoms with van der Waals surface area (Å²) in [7, 11) is 1.83. The highest BCUT2D eigenvalue weighted by molar-refractivity contribution is 7.10. The Kier molecular flexibility index (Phi) is 5.73. The van der Waals surface area contributed by atoms with Crippen LogP contribution in [-0.2, 0) is 33.0 Å². The van der Waals surface area contributed by atoms with Gasteiger partial charge < -0.3 is 5.32 Å². The van der Waals surface area contributed by atoms with Crippen LogP contribution in [0.15, 0.2) is 30.0 Å². The van der Waals surface area contributed by atoms with Gasteiger partial charge in [-0.15, -0.1) is 11.3 Å². The summed E-state index contributed by atoms with van der Waals surface area (Å²) in [4.78, 5) is 25.3. The molecule has 0 bridgehead atoms. The maximum Gasteiger partial charge on any atom is 0.252 e. The Morgan fingerprint density at radius 1 is 1.34 bits per heavy atom. The molecule has 1 atom stereocenters. The molecule has 0 saturated heterocycles. The topological polar surface area (TPSA) is 75.9 Å². The lowest BCUT2D eigenvalue weighted by Crippen LogP contribution is -2.32. The Bertz CT molecular complexity index is 993. The van der Waals surface area contributed by atoms with E-state index in [1.807, 2.05) is 25.5 Å². The maximum absolute atomic E-state index is 12.8. The zero-order valence-corrected chi connectivity index (χ0v) is 17.9. The molecular formula is C21H26N6OS. The molecule has 0 fully saturated rings. The zero-order valence-electron chi connectivity index (χ0n) is 17.1. The fraction of sp³-hybridized carbons (Fsp3) is 0.429. The summed E-state index contributed by atoms with van der Waals surface area (Å²) in [6, 6.07) is 4.09. The lowest BCUT2D eigenvalue weighted by atomic mass is 10.0. The van der Waals surface area contributed by atoms with Gasteiger partial charge in [0.1, 0.15) is 12.2 Å².